The average molecular weight is 369 g/mol. The molecule has 0 radical (unpaired) electrons. The van der Waals surface area contributed by atoms with Gasteiger partial charge < -0.3 is 0 Å². The molecule has 0 saturated carbocycles. The molecule has 0 atom stereocenters. The molecule has 0 aliphatic rings. The molecular formula is C26H28N2. The Morgan fingerprint density at radius 2 is 0.750 bits per heavy atom. The topological polar surface area (TPSA) is 25.8 Å². The average Bonchev–Trinajstić information content (AvgIpc) is 2.78. The van der Waals surface area contributed by atoms with E-state index in [2.05, 4.69) is 74.5 Å². The van der Waals surface area contributed by atoms with Crippen LogP contribution in [0, 0.1) is 13.8 Å². The molecule has 1 heterocycles. The summed E-state index contributed by atoms with van der Waals surface area (Å²) >= 11 is 0. The van der Waals surface area contributed by atoms with Crippen LogP contribution >= 0.6 is 0 Å². The van der Waals surface area contributed by atoms with Crippen LogP contribution in [0.4, 0.5) is 0 Å². The van der Waals surface area contributed by atoms with E-state index in [4.69, 9.17) is 9.97 Å². The summed E-state index contributed by atoms with van der Waals surface area (Å²) in [4.78, 5) is 10.1. The second-order valence-corrected chi connectivity index (χ2v) is 6.41. The van der Waals surface area contributed by atoms with Crippen molar-refractivity contribution < 1.29 is 0 Å². The number of aromatic nitrogens is 2. The minimum atomic E-state index is 0.991. The molecule has 0 amide bonds. The van der Waals surface area contributed by atoms with Crippen molar-refractivity contribution in [2.24, 2.45) is 0 Å². The molecule has 0 saturated heterocycles. The Morgan fingerprint density at radius 3 is 1.11 bits per heavy atom. The Hall–Kier alpha value is -3.00. The van der Waals surface area contributed by atoms with Crippen LogP contribution in [0.15, 0.2) is 60.7 Å². The molecule has 0 aliphatic heterocycles. The second-order valence-electron chi connectivity index (χ2n) is 6.41. The van der Waals surface area contributed by atoms with E-state index in [1.165, 1.54) is 32.7 Å². The van der Waals surface area contributed by atoms with Gasteiger partial charge in [0.15, 0.2) is 0 Å². The predicted octanol–water partition coefficient (Wildman–Crippen LogP) is 7.76. The first kappa shape index (κ1) is 19.8. The van der Waals surface area contributed by atoms with E-state index in [1.54, 1.807) is 0 Å². The zero-order valence-electron chi connectivity index (χ0n) is 17.7. The van der Waals surface area contributed by atoms with Crippen molar-refractivity contribution in [1.29, 1.82) is 0 Å². The minimum Gasteiger partial charge on any atom is -0.244 e. The minimum absolute atomic E-state index is 0.991. The third-order valence-corrected chi connectivity index (χ3v) is 4.88. The van der Waals surface area contributed by atoms with Crippen LogP contribution in [0.5, 0.6) is 0 Å². The number of hydrogen-bond acceptors (Lipinski definition) is 2. The van der Waals surface area contributed by atoms with Gasteiger partial charge in [0, 0.05) is 10.8 Å². The molecule has 0 N–H and O–H groups in total. The van der Waals surface area contributed by atoms with Crippen molar-refractivity contribution in [3.8, 4) is 0 Å². The van der Waals surface area contributed by atoms with Crippen LogP contribution in [0.25, 0.3) is 43.6 Å². The first-order valence-corrected chi connectivity index (χ1v) is 10.2. The van der Waals surface area contributed by atoms with E-state index in [0.717, 1.165) is 22.1 Å². The van der Waals surface area contributed by atoms with E-state index in [1.807, 2.05) is 27.7 Å². The van der Waals surface area contributed by atoms with Gasteiger partial charge in [-0.15, -0.1) is 0 Å². The molecule has 0 fully saturated rings. The Morgan fingerprint density at radius 1 is 0.429 bits per heavy atom. The number of rotatable bonds is 0. The van der Waals surface area contributed by atoms with Crippen LogP contribution in [0.2, 0.25) is 0 Å². The molecule has 2 nitrogen and oxygen atoms in total. The zero-order chi connectivity index (χ0) is 20.3. The SMILES string of the molecule is CC.CC.Cc1ccc(C)c2nc3c4ccccc4c4ccccc4c3nc12. The Kier molecular flexibility index (Phi) is 5.89. The lowest BCUT2D eigenvalue weighted by atomic mass is 9.99. The molecule has 0 bridgehead atoms. The molecule has 0 aliphatic carbocycles. The summed E-state index contributed by atoms with van der Waals surface area (Å²) in [6.45, 7) is 12.2. The van der Waals surface area contributed by atoms with Crippen LogP contribution in [-0.2, 0) is 0 Å². The highest BCUT2D eigenvalue weighted by atomic mass is 14.8. The van der Waals surface area contributed by atoms with E-state index >= 15 is 0 Å². The maximum absolute atomic E-state index is 5.05. The van der Waals surface area contributed by atoms with Crippen LogP contribution < -0.4 is 0 Å². The lowest BCUT2D eigenvalue weighted by molar-refractivity contribution is 1.33. The normalized spacial score (nSPS) is 10.5. The molecule has 0 spiro atoms. The van der Waals surface area contributed by atoms with Gasteiger partial charge in [0.25, 0.3) is 0 Å². The van der Waals surface area contributed by atoms with Crippen molar-refractivity contribution in [2.75, 3.05) is 0 Å². The van der Waals surface area contributed by atoms with E-state index in [-0.39, 0.29) is 0 Å². The number of nitrogens with zero attached hydrogens (tertiary/aromatic N) is 2. The second kappa shape index (κ2) is 8.35. The molecule has 0 unspecified atom stereocenters. The summed E-state index contributed by atoms with van der Waals surface area (Å²) in [7, 11) is 0. The highest BCUT2D eigenvalue weighted by Gasteiger charge is 2.13. The van der Waals surface area contributed by atoms with Crippen molar-refractivity contribution in [3.63, 3.8) is 0 Å². The fourth-order valence-electron chi connectivity index (χ4n) is 3.62. The number of fused-ring (bicyclic) bond motifs is 7. The summed E-state index contributed by atoms with van der Waals surface area (Å²) in [5.41, 5.74) is 6.33. The Labute approximate surface area is 167 Å². The lowest BCUT2D eigenvalue weighted by Crippen LogP contribution is -1.94. The summed E-state index contributed by atoms with van der Waals surface area (Å²) in [5.74, 6) is 0. The number of hydrogen-bond donors (Lipinski definition) is 0. The molecule has 5 rings (SSSR count). The van der Waals surface area contributed by atoms with Gasteiger partial charge in [-0.1, -0.05) is 88.4 Å². The smallest absolute Gasteiger partial charge is 0.0979 e. The third kappa shape index (κ3) is 3.09. The van der Waals surface area contributed by atoms with E-state index < -0.39 is 0 Å². The highest BCUT2D eigenvalue weighted by Crippen LogP contribution is 2.34. The highest BCUT2D eigenvalue weighted by molar-refractivity contribution is 6.23. The monoisotopic (exact) mass is 368 g/mol. The quantitative estimate of drug-likeness (QED) is 0.206. The van der Waals surface area contributed by atoms with Crippen LogP contribution in [0.3, 0.4) is 0 Å². The first-order valence-electron chi connectivity index (χ1n) is 10.2. The molecule has 5 aromatic rings. The maximum Gasteiger partial charge on any atom is 0.0979 e. The van der Waals surface area contributed by atoms with Gasteiger partial charge in [-0.2, -0.15) is 0 Å². The molecule has 142 valence electrons. The maximum atomic E-state index is 5.05. The van der Waals surface area contributed by atoms with E-state index in [0.29, 0.717) is 0 Å². The number of aryl methyl sites for hydroxylation is 2. The summed E-state index contributed by atoms with van der Waals surface area (Å²) in [6.07, 6.45) is 0. The number of benzene rings is 4. The van der Waals surface area contributed by atoms with Gasteiger partial charge in [-0.3, -0.25) is 0 Å². The fourth-order valence-corrected chi connectivity index (χ4v) is 3.62. The van der Waals surface area contributed by atoms with Crippen molar-refractivity contribution >= 4 is 43.6 Å². The molecule has 2 heteroatoms. The third-order valence-electron chi connectivity index (χ3n) is 4.88. The molecule has 28 heavy (non-hydrogen) atoms. The summed E-state index contributed by atoms with van der Waals surface area (Å²) < 4.78 is 0. The standard InChI is InChI=1S/C22H16N2.2C2H6/c1-13-11-12-14(2)20-19(13)23-21-17-9-5-3-7-15(17)16-8-4-6-10-18(16)22(21)24-20;2*1-2/h3-12H,1-2H3;2*1-2H3. The lowest BCUT2D eigenvalue weighted by Gasteiger charge is -2.11. The van der Waals surface area contributed by atoms with Gasteiger partial charge in [-0.25, -0.2) is 9.97 Å². The Balaban J connectivity index is 0.000000531. The van der Waals surface area contributed by atoms with Crippen molar-refractivity contribution in [2.45, 2.75) is 41.5 Å². The summed E-state index contributed by atoms with van der Waals surface area (Å²) in [5, 5.41) is 4.81. The van der Waals surface area contributed by atoms with Crippen molar-refractivity contribution in [1.82, 2.24) is 9.97 Å². The zero-order valence-corrected chi connectivity index (χ0v) is 17.7. The first-order chi connectivity index (χ1) is 13.7. The van der Waals surface area contributed by atoms with Gasteiger partial charge >= 0.3 is 0 Å². The Bertz CT molecular complexity index is 1170. The molecular weight excluding hydrogens is 340 g/mol. The largest absolute Gasteiger partial charge is 0.244 e. The predicted molar refractivity (Wildman–Crippen MR) is 124 cm³/mol. The van der Waals surface area contributed by atoms with Gasteiger partial charge in [0.1, 0.15) is 0 Å². The molecule has 4 aromatic carbocycles. The van der Waals surface area contributed by atoms with Gasteiger partial charge in [0.2, 0.25) is 0 Å². The van der Waals surface area contributed by atoms with Gasteiger partial charge in [-0.05, 0) is 35.7 Å². The fraction of sp³-hybridized carbons (Fsp3) is 0.231. The van der Waals surface area contributed by atoms with Crippen molar-refractivity contribution in [3.05, 3.63) is 71.8 Å². The molecule has 1 aromatic heterocycles. The van der Waals surface area contributed by atoms with Crippen LogP contribution in [0.1, 0.15) is 38.8 Å². The van der Waals surface area contributed by atoms with E-state index in [9.17, 15) is 0 Å². The van der Waals surface area contributed by atoms with Crippen LogP contribution in [-0.4, -0.2) is 9.97 Å². The van der Waals surface area contributed by atoms with Gasteiger partial charge in [0.05, 0.1) is 22.1 Å². The summed E-state index contributed by atoms with van der Waals surface area (Å²) in [6, 6.07) is 21.2.